The average molecular weight is 566 g/mol. The lowest BCUT2D eigenvalue weighted by atomic mass is 10.2. The lowest BCUT2D eigenvalue weighted by Gasteiger charge is -2.11. The molecule has 0 fully saturated rings. The molecule has 0 saturated heterocycles. The highest BCUT2D eigenvalue weighted by atomic mass is 79.9. The van der Waals surface area contributed by atoms with E-state index in [1.807, 2.05) is 36.8 Å². The van der Waals surface area contributed by atoms with Gasteiger partial charge in [-0.1, -0.05) is 31.9 Å². The molecular formula is C22H18Br2N2O2S2. The summed E-state index contributed by atoms with van der Waals surface area (Å²) in [6, 6.07) is 18.3. The van der Waals surface area contributed by atoms with Crippen LogP contribution in [0.3, 0.4) is 0 Å². The van der Waals surface area contributed by atoms with Gasteiger partial charge in [0.05, 0.1) is 11.1 Å². The fraction of sp³-hybridized carbons (Fsp3) is 0.0909. The van der Waals surface area contributed by atoms with E-state index in [1.54, 1.807) is 36.4 Å². The van der Waals surface area contributed by atoms with E-state index >= 15 is 0 Å². The zero-order valence-electron chi connectivity index (χ0n) is 16.2. The highest BCUT2D eigenvalue weighted by Gasteiger charge is 2.14. The number of hydrogen-bond acceptors (Lipinski definition) is 4. The van der Waals surface area contributed by atoms with Gasteiger partial charge in [-0.2, -0.15) is 0 Å². The van der Waals surface area contributed by atoms with Crippen LogP contribution in [0.1, 0.15) is 20.7 Å². The largest absolute Gasteiger partial charge is 0.322 e. The minimum atomic E-state index is -0.184. The van der Waals surface area contributed by atoms with Crippen molar-refractivity contribution in [3.05, 3.63) is 80.7 Å². The van der Waals surface area contributed by atoms with Gasteiger partial charge in [0.15, 0.2) is 0 Å². The highest BCUT2D eigenvalue weighted by molar-refractivity contribution is 9.10. The molecule has 3 rings (SSSR count). The second kappa shape index (κ2) is 10.5. The molecule has 0 aliphatic rings. The number of halogens is 2. The molecule has 3 aromatic rings. The molecular weight excluding hydrogens is 548 g/mol. The van der Waals surface area contributed by atoms with Gasteiger partial charge in [-0.3, -0.25) is 9.59 Å². The van der Waals surface area contributed by atoms with Crippen molar-refractivity contribution in [2.75, 3.05) is 23.1 Å². The Labute approximate surface area is 200 Å². The van der Waals surface area contributed by atoms with Crippen molar-refractivity contribution < 1.29 is 9.59 Å². The van der Waals surface area contributed by atoms with E-state index in [0.717, 1.165) is 18.7 Å². The summed E-state index contributed by atoms with van der Waals surface area (Å²) in [4.78, 5) is 27.2. The van der Waals surface area contributed by atoms with Crippen molar-refractivity contribution in [1.82, 2.24) is 0 Å². The molecule has 0 saturated carbocycles. The summed E-state index contributed by atoms with van der Waals surface area (Å²) < 4.78 is 1.70. The second-order valence-electron chi connectivity index (χ2n) is 6.17. The fourth-order valence-corrected chi connectivity index (χ4v) is 4.62. The Hall–Kier alpha value is -1.74. The van der Waals surface area contributed by atoms with E-state index in [2.05, 4.69) is 42.5 Å². The first-order valence-corrected chi connectivity index (χ1v) is 12.8. The van der Waals surface area contributed by atoms with Crippen LogP contribution in [0.5, 0.6) is 0 Å². The Kier molecular flexibility index (Phi) is 8.05. The standard InChI is InChI=1S/C22H18Br2N2O2S2/c1-29-19-9-3-13(23)11-17(19)21(27)25-15-5-7-16(8-6-15)26-22(28)18-12-14(24)4-10-20(18)30-2/h3-12H,1-2H3,(H,25,27)(H,26,28). The van der Waals surface area contributed by atoms with E-state index in [4.69, 9.17) is 0 Å². The van der Waals surface area contributed by atoms with Crippen LogP contribution < -0.4 is 10.6 Å². The molecule has 0 bridgehead atoms. The Bertz CT molecular complexity index is 1000. The third-order valence-electron chi connectivity index (χ3n) is 4.21. The summed E-state index contributed by atoms with van der Waals surface area (Å²) >= 11 is 9.86. The zero-order valence-corrected chi connectivity index (χ0v) is 21.0. The fourth-order valence-electron chi connectivity index (χ4n) is 2.75. The highest BCUT2D eigenvalue weighted by Crippen LogP contribution is 2.27. The van der Waals surface area contributed by atoms with Crippen LogP contribution >= 0.6 is 55.4 Å². The molecule has 0 radical (unpaired) electrons. The summed E-state index contributed by atoms with van der Waals surface area (Å²) in [5, 5.41) is 5.81. The van der Waals surface area contributed by atoms with Crippen LogP contribution in [-0.4, -0.2) is 24.3 Å². The van der Waals surface area contributed by atoms with Crippen LogP contribution in [0, 0.1) is 0 Å². The molecule has 3 aromatic carbocycles. The predicted octanol–water partition coefficient (Wildman–Crippen LogP) is 7.16. The minimum Gasteiger partial charge on any atom is -0.322 e. The van der Waals surface area contributed by atoms with Gasteiger partial charge in [0.25, 0.3) is 11.8 Å². The number of anilines is 2. The van der Waals surface area contributed by atoms with E-state index in [9.17, 15) is 9.59 Å². The van der Waals surface area contributed by atoms with E-state index in [-0.39, 0.29) is 11.8 Å². The molecule has 0 heterocycles. The molecule has 2 N–H and O–H groups in total. The first-order chi connectivity index (χ1) is 14.4. The molecule has 154 valence electrons. The monoisotopic (exact) mass is 564 g/mol. The third kappa shape index (κ3) is 5.69. The van der Waals surface area contributed by atoms with Crippen LogP contribution in [-0.2, 0) is 0 Å². The molecule has 8 heteroatoms. The lowest BCUT2D eigenvalue weighted by molar-refractivity contribution is 0.101. The number of carbonyl (C=O) groups excluding carboxylic acids is 2. The maximum absolute atomic E-state index is 12.7. The number of carbonyl (C=O) groups is 2. The maximum Gasteiger partial charge on any atom is 0.256 e. The van der Waals surface area contributed by atoms with Crippen molar-refractivity contribution >= 4 is 78.6 Å². The van der Waals surface area contributed by atoms with Crippen LogP contribution in [0.2, 0.25) is 0 Å². The topological polar surface area (TPSA) is 58.2 Å². The molecule has 0 aliphatic heterocycles. The van der Waals surface area contributed by atoms with Gasteiger partial charge in [-0.05, 0) is 73.2 Å². The number of benzene rings is 3. The quantitative estimate of drug-likeness (QED) is 0.311. The summed E-state index contributed by atoms with van der Waals surface area (Å²) in [5.74, 6) is -0.368. The first kappa shape index (κ1) is 22.9. The van der Waals surface area contributed by atoms with Gasteiger partial charge >= 0.3 is 0 Å². The molecule has 0 unspecified atom stereocenters. The molecule has 0 aliphatic carbocycles. The molecule has 30 heavy (non-hydrogen) atoms. The Morgan fingerprint density at radius 3 is 1.37 bits per heavy atom. The third-order valence-corrected chi connectivity index (χ3v) is 6.79. The number of nitrogens with one attached hydrogen (secondary N) is 2. The van der Waals surface area contributed by atoms with Gasteiger partial charge in [0.2, 0.25) is 0 Å². The van der Waals surface area contributed by atoms with Crippen molar-refractivity contribution in [3.63, 3.8) is 0 Å². The smallest absolute Gasteiger partial charge is 0.256 e. The van der Waals surface area contributed by atoms with Gasteiger partial charge in [0, 0.05) is 30.1 Å². The van der Waals surface area contributed by atoms with Gasteiger partial charge in [0.1, 0.15) is 0 Å². The van der Waals surface area contributed by atoms with Crippen molar-refractivity contribution in [1.29, 1.82) is 0 Å². The summed E-state index contributed by atoms with van der Waals surface area (Å²) in [6.07, 6.45) is 3.87. The lowest BCUT2D eigenvalue weighted by Crippen LogP contribution is -2.14. The zero-order chi connectivity index (χ0) is 21.7. The first-order valence-electron chi connectivity index (χ1n) is 8.81. The van der Waals surface area contributed by atoms with Crippen molar-refractivity contribution in [2.45, 2.75) is 9.79 Å². The Morgan fingerprint density at radius 2 is 1.03 bits per heavy atom. The van der Waals surface area contributed by atoms with Crippen LogP contribution in [0.4, 0.5) is 11.4 Å². The Morgan fingerprint density at radius 1 is 0.667 bits per heavy atom. The van der Waals surface area contributed by atoms with Gasteiger partial charge < -0.3 is 10.6 Å². The number of amides is 2. The average Bonchev–Trinajstić information content (AvgIpc) is 2.75. The molecule has 0 spiro atoms. The molecule has 4 nitrogen and oxygen atoms in total. The van der Waals surface area contributed by atoms with Gasteiger partial charge in [-0.15, -0.1) is 23.5 Å². The van der Waals surface area contributed by atoms with E-state index in [0.29, 0.717) is 22.5 Å². The van der Waals surface area contributed by atoms with Crippen LogP contribution in [0.25, 0.3) is 0 Å². The normalized spacial score (nSPS) is 10.5. The molecule has 0 atom stereocenters. The van der Waals surface area contributed by atoms with Crippen LogP contribution in [0.15, 0.2) is 79.4 Å². The van der Waals surface area contributed by atoms with E-state index in [1.165, 1.54) is 23.5 Å². The number of hydrogen-bond donors (Lipinski definition) is 2. The Balaban J connectivity index is 1.71. The summed E-state index contributed by atoms with van der Waals surface area (Å²) in [7, 11) is 0. The van der Waals surface area contributed by atoms with Crippen molar-refractivity contribution in [2.24, 2.45) is 0 Å². The SMILES string of the molecule is CSc1ccc(Br)cc1C(=O)Nc1ccc(NC(=O)c2cc(Br)ccc2SC)cc1. The van der Waals surface area contributed by atoms with E-state index < -0.39 is 0 Å². The minimum absolute atomic E-state index is 0.184. The van der Waals surface area contributed by atoms with Crippen molar-refractivity contribution in [3.8, 4) is 0 Å². The predicted molar refractivity (Wildman–Crippen MR) is 134 cm³/mol. The van der Waals surface area contributed by atoms with Gasteiger partial charge in [-0.25, -0.2) is 0 Å². The number of thioether (sulfide) groups is 2. The maximum atomic E-state index is 12.7. The summed E-state index contributed by atoms with van der Waals surface area (Å²) in [6.45, 7) is 0. The molecule has 0 aromatic heterocycles. The second-order valence-corrected chi connectivity index (χ2v) is 9.70. The number of rotatable bonds is 6. The molecule has 2 amide bonds. The summed E-state index contributed by atoms with van der Waals surface area (Å²) in [5.41, 5.74) is 2.51.